The number of ether oxygens (including phenoxy) is 2. The largest absolute Gasteiger partial charge is 0.437 e. The minimum atomic E-state index is -0.969. The lowest BCUT2D eigenvalue weighted by molar-refractivity contribution is -0.167. The van der Waals surface area contributed by atoms with Crippen LogP contribution in [-0.4, -0.2) is 59.6 Å². The molecule has 3 aliphatic heterocycles. The van der Waals surface area contributed by atoms with E-state index in [9.17, 15) is 14.7 Å². The van der Waals surface area contributed by atoms with Crippen LogP contribution in [0.4, 0.5) is 0 Å². The Bertz CT molecular complexity index is 347. The number of aliphatic hydroxyl groups is 1. The minimum Gasteiger partial charge on any atom is -0.437 e. The number of hydrogen-bond acceptors (Lipinski definition) is 7. The molecular weight excluding hydrogens is 216 g/mol. The average Bonchev–Trinajstić information content (AvgIpc) is 2.53. The Kier molecular flexibility index (Phi) is 2.13. The maximum atomic E-state index is 11.2. The third-order valence-corrected chi connectivity index (χ3v) is 3.18. The first-order chi connectivity index (χ1) is 7.63. The van der Waals surface area contributed by atoms with E-state index in [1.807, 2.05) is 4.90 Å². The molecule has 4 unspecified atom stereocenters. The van der Waals surface area contributed by atoms with Crippen molar-refractivity contribution < 1.29 is 24.2 Å². The Morgan fingerprint density at radius 2 is 2.00 bits per heavy atom. The summed E-state index contributed by atoms with van der Waals surface area (Å²) in [7, 11) is 0. The van der Waals surface area contributed by atoms with Crippen LogP contribution in [0.25, 0.3) is 0 Å². The van der Waals surface area contributed by atoms with Crippen molar-refractivity contribution in [1.29, 1.82) is 0 Å². The van der Waals surface area contributed by atoms with Crippen LogP contribution in [0, 0.1) is 0 Å². The van der Waals surface area contributed by atoms with E-state index in [1.54, 1.807) is 0 Å². The Labute approximate surface area is 91.3 Å². The monoisotopic (exact) mass is 228 g/mol. The topological polar surface area (TPSA) is 88.1 Å². The van der Waals surface area contributed by atoms with E-state index in [4.69, 9.17) is 9.47 Å². The first-order valence-electron chi connectivity index (χ1n) is 5.23. The molecule has 0 amide bonds. The van der Waals surface area contributed by atoms with Gasteiger partial charge in [-0.05, 0) is 6.42 Å². The van der Waals surface area contributed by atoms with E-state index >= 15 is 0 Å². The van der Waals surface area contributed by atoms with Gasteiger partial charge >= 0.3 is 11.9 Å². The SMILES string of the molecule is O=C1OC2CN3CC(O)CC3C(N2)OC1=O. The summed E-state index contributed by atoms with van der Waals surface area (Å²) in [5.74, 6) is -1.93. The molecule has 3 rings (SSSR count). The number of esters is 2. The van der Waals surface area contributed by atoms with E-state index in [2.05, 4.69) is 5.32 Å². The summed E-state index contributed by atoms with van der Waals surface area (Å²) in [6.45, 7) is 0.995. The Hall–Kier alpha value is -1.18. The van der Waals surface area contributed by atoms with Crippen LogP contribution < -0.4 is 5.32 Å². The van der Waals surface area contributed by atoms with Gasteiger partial charge in [-0.3, -0.25) is 4.90 Å². The van der Waals surface area contributed by atoms with Crippen LogP contribution in [0.5, 0.6) is 0 Å². The molecular formula is C9H12N2O5. The van der Waals surface area contributed by atoms with Crippen LogP contribution >= 0.6 is 0 Å². The molecule has 3 aliphatic rings. The second kappa shape index (κ2) is 3.41. The van der Waals surface area contributed by atoms with Crippen molar-refractivity contribution >= 4 is 11.9 Å². The quantitative estimate of drug-likeness (QED) is 0.358. The molecule has 88 valence electrons. The van der Waals surface area contributed by atoms with Crippen LogP contribution in [0.15, 0.2) is 0 Å². The van der Waals surface area contributed by atoms with Gasteiger partial charge in [-0.2, -0.15) is 0 Å². The number of nitrogens with one attached hydrogen (secondary N) is 1. The summed E-state index contributed by atoms with van der Waals surface area (Å²) in [6, 6.07) is -0.0790. The Morgan fingerprint density at radius 3 is 2.81 bits per heavy atom. The molecule has 16 heavy (non-hydrogen) atoms. The highest BCUT2D eigenvalue weighted by Gasteiger charge is 2.47. The number of aliphatic hydroxyl groups excluding tert-OH is 1. The van der Waals surface area contributed by atoms with Crippen LogP contribution in [-0.2, 0) is 19.1 Å². The molecule has 3 saturated heterocycles. The van der Waals surface area contributed by atoms with Gasteiger partial charge < -0.3 is 14.6 Å². The lowest BCUT2D eigenvalue weighted by Crippen LogP contribution is -2.60. The van der Waals surface area contributed by atoms with E-state index < -0.39 is 30.5 Å². The van der Waals surface area contributed by atoms with E-state index in [1.165, 1.54) is 0 Å². The third kappa shape index (κ3) is 1.48. The number of hydrogen-bond donors (Lipinski definition) is 2. The van der Waals surface area contributed by atoms with Gasteiger partial charge in [0.2, 0.25) is 0 Å². The maximum absolute atomic E-state index is 11.2. The zero-order valence-electron chi connectivity index (χ0n) is 8.46. The first kappa shape index (κ1) is 10.0. The molecule has 0 radical (unpaired) electrons. The van der Waals surface area contributed by atoms with Gasteiger partial charge in [-0.25, -0.2) is 14.9 Å². The minimum absolute atomic E-state index is 0.0790. The van der Waals surface area contributed by atoms with Gasteiger partial charge in [0.05, 0.1) is 18.7 Å². The van der Waals surface area contributed by atoms with E-state index in [-0.39, 0.29) is 6.04 Å². The second-order valence-electron chi connectivity index (χ2n) is 4.30. The molecule has 7 nitrogen and oxygen atoms in total. The fourth-order valence-corrected chi connectivity index (χ4v) is 2.52. The molecule has 3 fully saturated rings. The van der Waals surface area contributed by atoms with Crippen molar-refractivity contribution in [3.05, 3.63) is 0 Å². The highest BCUT2D eigenvalue weighted by molar-refractivity contribution is 6.29. The smallest absolute Gasteiger partial charge is 0.419 e. The van der Waals surface area contributed by atoms with Gasteiger partial charge in [-0.1, -0.05) is 0 Å². The zero-order chi connectivity index (χ0) is 11.3. The van der Waals surface area contributed by atoms with Gasteiger partial charge in [0.1, 0.15) is 0 Å². The second-order valence-corrected chi connectivity index (χ2v) is 4.30. The lowest BCUT2D eigenvalue weighted by atomic mass is 10.1. The van der Waals surface area contributed by atoms with Crippen LogP contribution in [0.3, 0.4) is 0 Å². The van der Waals surface area contributed by atoms with Crippen molar-refractivity contribution in [2.24, 2.45) is 0 Å². The fourth-order valence-electron chi connectivity index (χ4n) is 2.52. The summed E-state index contributed by atoms with van der Waals surface area (Å²) in [5, 5.41) is 12.5. The summed E-state index contributed by atoms with van der Waals surface area (Å²) in [5.41, 5.74) is 0. The highest BCUT2D eigenvalue weighted by Crippen LogP contribution is 2.27. The van der Waals surface area contributed by atoms with Gasteiger partial charge in [0, 0.05) is 6.54 Å². The van der Waals surface area contributed by atoms with Crippen molar-refractivity contribution in [2.45, 2.75) is 31.0 Å². The molecule has 2 bridgehead atoms. The molecule has 0 saturated carbocycles. The summed E-state index contributed by atoms with van der Waals surface area (Å²) in [4.78, 5) is 24.3. The summed E-state index contributed by atoms with van der Waals surface area (Å²) >= 11 is 0. The Balaban J connectivity index is 1.85. The normalized spacial score (nSPS) is 43.3. The number of fused-ring (bicyclic) bond motifs is 4. The van der Waals surface area contributed by atoms with Crippen molar-refractivity contribution in [3.8, 4) is 0 Å². The van der Waals surface area contributed by atoms with Crippen molar-refractivity contribution in [1.82, 2.24) is 10.2 Å². The Morgan fingerprint density at radius 1 is 1.25 bits per heavy atom. The third-order valence-electron chi connectivity index (χ3n) is 3.18. The van der Waals surface area contributed by atoms with E-state index in [0.29, 0.717) is 19.5 Å². The molecule has 0 aromatic carbocycles. The fraction of sp³-hybridized carbons (Fsp3) is 0.778. The molecule has 4 atom stereocenters. The number of rotatable bonds is 0. The molecule has 0 aromatic heterocycles. The number of nitrogens with zero attached hydrogens (tertiary/aromatic N) is 1. The predicted molar refractivity (Wildman–Crippen MR) is 48.9 cm³/mol. The molecule has 0 aliphatic carbocycles. The van der Waals surface area contributed by atoms with Crippen LogP contribution in [0.1, 0.15) is 6.42 Å². The predicted octanol–water partition coefficient (Wildman–Crippen LogP) is -2.22. The summed E-state index contributed by atoms with van der Waals surface area (Å²) < 4.78 is 9.87. The first-order valence-corrected chi connectivity index (χ1v) is 5.23. The van der Waals surface area contributed by atoms with E-state index in [0.717, 1.165) is 0 Å². The standard InChI is InChI=1S/C9H12N2O5/c12-4-1-5-7-10-6(3-11(5)2-4)15-8(13)9(14)16-7/h4-7,10,12H,1-3H2. The summed E-state index contributed by atoms with van der Waals surface area (Å²) in [6.07, 6.45) is -0.992. The van der Waals surface area contributed by atoms with Crippen molar-refractivity contribution in [2.75, 3.05) is 13.1 Å². The number of carbonyl (C=O) groups excluding carboxylic acids is 2. The number of carbonyl (C=O) groups is 2. The molecule has 0 aromatic rings. The zero-order valence-corrected chi connectivity index (χ0v) is 8.46. The molecule has 3 heterocycles. The highest BCUT2D eigenvalue weighted by atomic mass is 16.6. The molecule has 2 N–H and O–H groups in total. The van der Waals surface area contributed by atoms with Crippen molar-refractivity contribution in [3.63, 3.8) is 0 Å². The maximum Gasteiger partial charge on any atom is 0.419 e. The average molecular weight is 228 g/mol. The lowest BCUT2D eigenvalue weighted by Gasteiger charge is -2.37. The van der Waals surface area contributed by atoms with Crippen LogP contribution in [0.2, 0.25) is 0 Å². The number of piperazine rings is 1. The van der Waals surface area contributed by atoms with Gasteiger partial charge in [0.15, 0.2) is 12.5 Å². The molecule has 0 spiro atoms. The molecule has 7 heteroatoms. The van der Waals surface area contributed by atoms with Gasteiger partial charge in [0.25, 0.3) is 0 Å². The van der Waals surface area contributed by atoms with Gasteiger partial charge in [-0.15, -0.1) is 0 Å².